The average molecular weight is 272 g/mol. The Kier molecular flexibility index (Phi) is 2.61. The predicted octanol–water partition coefficient (Wildman–Crippen LogP) is 0.828. The number of piperidine rings is 1. The van der Waals surface area contributed by atoms with Crippen LogP contribution in [0.4, 0.5) is 19.0 Å². The van der Waals surface area contributed by atoms with Crippen molar-refractivity contribution in [3.8, 4) is 0 Å². The second kappa shape index (κ2) is 4.07. The van der Waals surface area contributed by atoms with Crippen molar-refractivity contribution in [2.45, 2.75) is 24.7 Å². The third-order valence-corrected chi connectivity index (χ3v) is 3.56. The van der Waals surface area contributed by atoms with Gasteiger partial charge in [0.05, 0.1) is 12.1 Å². The van der Waals surface area contributed by atoms with E-state index in [2.05, 4.69) is 9.97 Å². The molecule has 5 nitrogen and oxygen atoms in total. The summed E-state index contributed by atoms with van der Waals surface area (Å²) >= 11 is 0. The maximum absolute atomic E-state index is 12.4. The van der Waals surface area contributed by atoms with E-state index in [9.17, 15) is 18.0 Å². The van der Waals surface area contributed by atoms with E-state index in [0.29, 0.717) is 25.3 Å². The number of alkyl halides is 3. The number of aromatic nitrogens is 2. The molecule has 1 aromatic rings. The first kappa shape index (κ1) is 12.2. The number of anilines is 1. The monoisotopic (exact) mass is 272 g/mol. The zero-order chi connectivity index (χ0) is 13.6. The molecule has 2 atom stereocenters. The smallest absolute Gasteiger partial charge is 0.352 e. The molecule has 1 aromatic heterocycles. The first-order chi connectivity index (χ1) is 8.97. The molecular weight excluding hydrogens is 261 g/mol. The van der Waals surface area contributed by atoms with Gasteiger partial charge in [0.25, 0.3) is 0 Å². The highest BCUT2D eigenvalue weighted by Gasteiger charge is 2.54. The molecule has 3 fully saturated rings. The van der Waals surface area contributed by atoms with Crippen molar-refractivity contribution < 1.29 is 18.0 Å². The van der Waals surface area contributed by atoms with Gasteiger partial charge in [-0.1, -0.05) is 0 Å². The Balaban J connectivity index is 1.71. The van der Waals surface area contributed by atoms with Gasteiger partial charge in [0.15, 0.2) is 0 Å². The van der Waals surface area contributed by atoms with Gasteiger partial charge in [-0.05, 0) is 12.5 Å². The van der Waals surface area contributed by atoms with E-state index in [1.807, 2.05) is 4.90 Å². The fourth-order valence-corrected chi connectivity index (χ4v) is 2.75. The lowest BCUT2D eigenvalue weighted by Crippen LogP contribution is -2.72. The number of rotatable bonds is 1. The van der Waals surface area contributed by atoms with Crippen LogP contribution in [0.5, 0.6) is 0 Å². The standard InChI is InChI=1S/C11H11F3N4O/c12-11(13,14)10(19)18-7-3-8(18)5-17(4-7)9-1-2-15-6-16-9/h1-2,6-8H,3-5H2. The van der Waals surface area contributed by atoms with Crippen molar-refractivity contribution in [2.75, 3.05) is 18.0 Å². The number of carbonyl (C=O) groups is 1. The Morgan fingerprint density at radius 3 is 2.53 bits per heavy atom. The van der Waals surface area contributed by atoms with Crippen LogP contribution >= 0.6 is 0 Å². The Bertz CT molecular complexity index is 480. The Morgan fingerprint density at radius 2 is 2.00 bits per heavy atom. The van der Waals surface area contributed by atoms with Crippen LogP contribution in [-0.4, -0.2) is 52.1 Å². The molecule has 3 aliphatic rings. The van der Waals surface area contributed by atoms with Crippen molar-refractivity contribution >= 4 is 11.7 Å². The number of amides is 1. The van der Waals surface area contributed by atoms with Crippen molar-refractivity contribution in [3.05, 3.63) is 18.6 Å². The summed E-state index contributed by atoms with van der Waals surface area (Å²) < 4.78 is 37.3. The molecule has 2 unspecified atom stereocenters. The molecule has 19 heavy (non-hydrogen) atoms. The van der Waals surface area contributed by atoms with E-state index in [4.69, 9.17) is 0 Å². The number of piperazine rings is 1. The van der Waals surface area contributed by atoms with Crippen LogP contribution in [0.25, 0.3) is 0 Å². The molecule has 0 spiro atoms. The molecule has 102 valence electrons. The number of halogens is 3. The van der Waals surface area contributed by atoms with E-state index in [1.54, 1.807) is 12.3 Å². The zero-order valence-electron chi connectivity index (χ0n) is 9.84. The largest absolute Gasteiger partial charge is 0.471 e. The van der Waals surface area contributed by atoms with Gasteiger partial charge in [-0.3, -0.25) is 4.79 Å². The first-order valence-electron chi connectivity index (χ1n) is 5.87. The fraction of sp³-hybridized carbons (Fsp3) is 0.545. The molecule has 1 amide bonds. The third kappa shape index (κ3) is 2.00. The van der Waals surface area contributed by atoms with E-state index >= 15 is 0 Å². The molecule has 3 aliphatic heterocycles. The highest BCUT2D eigenvalue weighted by Crippen LogP contribution is 2.36. The summed E-state index contributed by atoms with van der Waals surface area (Å²) in [7, 11) is 0. The Hall–Kier alpha value is -1.86. The van der Waals surface area contributed by atoms with Gasteiger partial charge in [0.2, 0.25) is 0 Å². The molecule has 2 bridgehead atoms. The third-order valence-electron chi connectivity index (χ3n) is 3.56. The molecule has 0 radical (unpaired) electrons. The Labute approximate surface area is 107 Å². The van der Waals surface area contributed by atoms with E-state index < -0.39 is 12.1 Å². The molecule has 0 saturated carbocycles. The van der Waals surface area contributed by atoms with E-state index in [1.165, 1.54) is 6.33 Å². The van der Waals surface area contributed by atoms with E-state index in [0.717, 1.165) is 4.90 Å². The molecule has 0 aliphatic carbocycles. The normalized spacial score (nSPS) is 26.1. The summed E-state index contributed by atoms with van der Waals surface area (Å²) in [5, 5.41) is 0. The van der Waals surface area contributed by atoms with Crippen molar-refractivity contribution in [3.63, 3.8) is 0 Å². The maximum Gasteiger partial charge on any atom is 0.471 e. The first-order valence-corrected chi connectivity index (χ1v) is 5.87. The summed E-state index contributed by atoms with van der Waals surface area (Å²) in [5.74, 6) is -1.04. The lowest BCUT2D eigenvalue weighted by Gasteiger charge is -2.56. The number of hydrogen-bond acceptors (Lipinski definition) is 4. The number of hydrogen-bond donors (Lipinski definition) is 0. The topological polar surface area (TPSA) is 49.3 Å². The van der Waals surface area contributed by atoms with E-state index in [-0.39, 0.29) is 12.1 Å². The minimum absolute atomic E-state index is 0.372. The highest BCUT2D eigenvalue weighted by molar-refractivity contribution is 5.83. The maximum atomic E-state index is 12.4. The quantitative estimate of drug-likeness (QED) is 0.759. The highest BCUT2D eigenvalue weighted by atomic mass is 19.4. The lowest BCUT2D eigenvalue weighted by molar-refractivity contribution is -0.199. The van der Waals surface area contributed by atoms with Crippen LogP contribution in [0.3, 0.4) is 0 Å². The molecule has 4 heterocycles. The van der Waals surface area contributed by atoms with Gasteiger partial charge in [-0.25, -0.2) is 9.97 Å². The second-order valence-corrected chi connectivity index (χ2v) is 4.73. The zero-order valence-corrected chi connectivity index (χ0v) is 9.84. The van der Waals surface area contributed by atoms with Crippen LogP contribution in [0.15, 0.2) is 18.6 Å². The van der Waals surface area contributed by atoms with Crippen molar-refractivity contribution in [2.24, 2.45) is 0 Å². The van der Waals surface area contributed by atoms with Gasteiger partial charge in [-0.15, -0.1) is 0 Å². The summed E-state index contributed by atoms with van der Waals surface area (Å²) in [6.45, 7) is 0.769. The summed E-state index contributed by atoms with van der Waals surface area (Å²) in [5.41, 5.74) is 0. The minimum atomic E-state index is -4.78. The van der Waals surface area contributed by atoms with Gasteiger partial charge < -0.3 is 9.80 Å². The van der Waals surface area contributed by atoms with Gasteiger partial charge >= 0.3 is 12.1 Å². The molecule has 8 heteroatoms. The number of fused-ring (bicyclic) bond motifs is 2. The van der Waals surface area contributed by atoms with Gasteiger partial charge in [0.1, 0.15) is 12.1 Å². The molecule has 0 N–H and O–H groups in total. The number of carbonyl (C=O) groups excluding carboxylic acids is 1. The SMILES string of the molecule is O=C(N1C2CC1CN(c1ccncn1)C2)C(F)(F)F. The summed E-state index contributed by atoms with van der Waals surface area (Å²) in [6, 6.07) is 0.964. The fourth-order valence-electron chi connectivity index (χ4n) is 2.75. The van der Waals surface area contributed by atoms with Crippen LogP contribution in [-0.2, 0) is 4.79 Å². The minimum Gasteiger partial charge on any atom is -0.352 e. The average Bonchev–Trinajstić information content (AvgIpc) is 2.38. The molecule has 4 rings (SSSR count). The van der Waals surface area contributed by atoms with Gasteiger partial charge in [-0.2, -0.15) is 13.2 Å². The lowest BCUT2D eigenvalue weighted by atomic mass is 9.87. The van der Waals surface area contributed by atoms with Crippen LogP contribution in [0, 0.1) is 0 Å². The number of nitrogens with zero attached hydrogens (tertiary/aromatic N) is 4. The van der Waals surface area contributed by atoms with Gasteiger partial charge in [0, 0.05) is 19.3 Å². The van der Waals surface area contributed by atoms with Crippen LogP contribution < -0.4 is 4.90 Å². The summed E-state index contributed by atoms with van der Waals surface area (Å²) in [6.07, 6.45) is -1.17. The van der Waals surface area contributed by atoms with Crippen LogP contribution in [0.2, 0.25) is 0 Å². The van der Waals surface area contributed by atoms with Crippen molar-refractivity contribution in [1.82, 2.24) is 14.9 Å². The molecule has 0 aromatic carbocycles. The van der Waals surface area contributed by atoms with Crippen molar-refractivity contribution in [1.29, 1.82) is 0 Å². The second-order valence-electron chi connectivity index (χ2n) is 4.73. The molecular formula is C11H11F3N4O. The Morgan fingerprint density at radius 1 is 1.32 bits per heavy atom. The van der Waals surface area contributed by atoms with Crippen LogP contribution in [0.1, 0.15) is 6.42 Å². The predicted molar refractivity (Wildman–Crippen MR) is 59.3 cm³/mol. The molecule has 3 saturated heterocycles. The summed E-state index contributed by atoms with van der Waals surface area (Å²) in [4.78, 5) is 22.0.